The normalized spacial score (nSPS) is 40.2. The van der Waals surface area contributed by atoms with Crippen LogP contribution in [-0.2, 0) is 12.8 Å². The molecule has 0 nitrogen and oxygen atoms in total. The average molecular weight is 401 g/mol. The third-order valence-electron chi connectivity index (χ3n) is 9.63. The average Bonchev–Trinajstić information content (AvgIpc) is 2.76. The molecule has 0 bridgehead atoms. The van der Waals surface area contributed by atoms with E-state index in [4.69, 9.17) is 0 Å². The summed E-state index contributed by atoms with van der Waals surface area (Å²) in [5, 5.41) is 0. The van der Waals surface area contributed by atoms with E-state index in [0.29, 0.717) is 11.5 Å². The lowest BCUT2D eigenvalue weighted by molar-refractivity contribution is 0.0450. The minimum absolute atomic E-state index is 0.583. The molecule has 4 aliphatic rings. The van der Waals surface area contributed by atoms with E-state index in [9.17, 15) is 8.78 Å². The first-order chi connectivity index (χ1) is 14.1. The Morgan fingerprint density at radius 3 is 1.86 bits per heavy atom. The Bertz CT molecular complexity index is 717. The molecule has 3 fully saturated rings. The fourth-order valence-electron chi connectivity index (χ4n) is 7.79. The summed E-state index contributed by atoms with van der Waals surface area (Å²) in [5.41, 5.74) is 1.75. The second kappa shape index (κ2) is 8.31. The van der Waals surface area contributed by atoms with E-state index in [1.807, 2.05) is 6.07 Å². The molecule has 1 aromatic rings. The van der Waals surface area contributed by atoms with Gasteiger partial charge >= 0.3 is 0 Å². The van der Waals surface area contributed by atoms with E-state index in [2.05, 4.69) is 6.92 Å². The third-order valence-corrected chi connectivity index (χ3v) is 9.63. The Balaban J connectivity index is 1.18. The monoisotopic (exact) mass is 400 g/mol. The number of hydrogen-bond donors (Lipinski definition) is 0. The quantitative estimate of drug-likeness (QED) is 0.476. The van der Waals surface area contributed by atoms with Crippen LogP contribution >= 0.6 is 0 Å². The van der Waals surface area contributed by atoms with Gasteiger partial charge in [0.1, 0.15) is 0 Å². The first-order valence-corrected chi connectivity index (χ1v) is 12.5. The highest BCUT2D eigenvalue weighted by molar-refractivity contribution is 5.32. The summed E-state index contributed by atoms with van der Waals surface area (Å²) in [5.74, 6) is 5.16. The number of fused-ring (bicyclic) bond motifs is 2. The zero-order chi connectivity index (χ0) is 20.0. The zero-order valence-electron chi connectivity index (χ0n) is 18.1. The molecule has 0 heterocycles. The van der Waals surface area contributed by atoms with Crippen molar-refractivity contribution in [3.8, 4) is 0 Å². The maximum absolute atomic E-state index is 14.1. The fraction of sp³-hybridized carbons (Fsp3) is 0.778. The van der Waals surface area contributed by atoms with Crippen LogP contribution in [0.5, 0.6) is 0 Å². The molecule has 0 spiro atoms. The Morgan fingerprint density at radius 1 is 0.655 bits per heavy atom. The molecule has 4 aliphatic carbocycles. The molecule has 0 saturated heterocycles. The Kier molecular flexibility index (Phi) is 5.73. The molecular formula is C27H38F2. The van der Waals surface area contributed by atoms with E-state index < -0.39 is 11.6 Å². The van der Waals surface area contributed by atoms with Gasteiger partial charge in [-0.2, -0.15) is 0 Å². The van der Waals surface area contributed by atoms with E-state index in [1.54, 1.807) is 0 Å². The van der Waals surface area contributed by atoms with Crippen LogP contribution in [0.2, 0.25) is 0 Å². The van der Waals surface area contributed by atoms with Crippen molar-refractivity contribution in [3.05, 3.63) is 34.9 Å². The summed E-state index contributed by atoms with van der Waals surface area (Å²) in [6.07, 6.45) is 17.3. The van der Waals surface area contributed by atoms with Crippen molar-refractivity contribution in [2.45, 2.75) is 90.4 Å². The predicted molar refractivity (Wildman–Crippen MR) is 115 cm³/mol. The minimum atomic E-state index is -0.674. The predicted octanol–water partition coefficient (Wildman–Crippen LogP) is 7.73. The lowest BCUT2D eigenvalue weighted by Crippen LogP contribution is -2.37. The smallest absolute Gasteiger partial charge is 0.162 e. The highest BCUT2D eigenvalue weighted by Crippen LogP contribution is 2.51. The molecule has 3 saturated carbocycles. The molecule has 0 aromatic heterocycles. The molecule has 160 valence electrons. The standard InChI is InChI=1S/C27H38F2/c1-17-2-4-18(5-3-17)19-6-7-21-15-22(9-8-20(21)14-19)23-10-12-25-24(16-23)11-13-26(28)27(25)29/h11,13,17-23H,2-10,12,14-16H2,1H3. The first-order valence-electron chi connectivity index (χ1n) is 12.5. The van der Waals surface area contributed by atoms with E-state index in [-0.39, 0.29) is 0 Å². The van der Waals surface area contributed by atoms with Crippen molar-refractivity contribution >= 4 is 0 Å². The number of rotatable bonds is 2. The second-order valence-electron chi connectivity index (χ2n) is 11.2. The topological polar surface area (TPSA) is 0 Å². The van der Waals surface area contributed by atoms with Gasteiger partial charge < -0.3 is 0 Å². The van der Waals surface area contributed by atoms with Crippen LogP contribution in [-0.4, -0.2) is 0 Å². The molecule has 5 atom stereocenters. The molecule has 1 aromatic carbocycles. The molecule has 2 heteroatoms. The van der Waals surface area contributed by atoms with Gasteiger partial charge in [-0.15, -0.1) is 0 Å². The molecule has 0 radical (unpaired) electrons. The van der Waals surface area contributed by atoms with Crippen molar-refractivity contribution in [2.75, 3.05) is 0 Å². The van der Waals surface area contributed by atoms with Crippen LogP contribution in [0, 0.1) is 53.1 Å². The SMILES string of the molecule is CC1CCC(C2CCC3CC(C4CCc5c(ccc(F)c5F)C4)CCC3C2)CC1. The lowest BCUT2D eigenvalue weighted by Gasteiger charge is -2.47. The van der Waals surface area contributed by atoms with Crippen molar-refractivity contribution in [1.29, 1.82) is 0 Å². The summed E-state index contributed by atoms with van der Waals surface area (Å²) >= 11 is 0. The van der Waals surface area contributed by atoms with Gasteiger partial charge in [-0.25, -0.2) is 8.78 Å². The van der Waals surface area contributed by atoms with Gasteiger partial charge in [0, 0.05) is 0 Å². The Morgan fingerprint density at radius 2 is 1.21 bits per heavy atom. The van der Waals surface area contributed by atoms with Crippen molar-refractivity contribution in [3.63, 3.8) is 0 Å². The first kappa shape index (κ1) is 20.0. The largest absolute Gasteiger partial charge is 0.204 e. The Hall–Kier alpha value is -0.920. The molecule has 0 aliphatic heterocycles. The van der Waals surface area contributed by atoms with Gasteiger partial charge in [-0.3, -0.25) is 0 Å². The highest BCUT2D eigenvalue weighted by atomic mass is 19.2. The number of halogens is 2. The van der Waals surface area contributed by atoms with Crippen LogP contribution in [0.1, 0.15) is 88.7 Å². The van der Waals surface area contributed by atoms with E-state index >= 15 is 0 Å². The summed E-state index contributed by atoms with van der Waals surface area (Å²) in [7, 11) is 0. The summed E-state index contributed by atoms with van der Waals surface area (Å²) < 4.78 is 27.7. The van der Waals surface area contributed by atoms with Gasteiger partial charge in [0.15, 0.2) is 11.6 Å². The number of hydrogen-bond acceptors (Lipinski definition) is 0. The minimum Gasteiger partial charge on any atom is -0.204 e. The van der Waals surface area contributed by atoms with Crippen LogP contribution in [0.4, 0.5) is 8.78 Å². The molecule has 5 unspecified atom stereocenters. The fourth-order valence-corrected chi connectivity index (χ4v) is 7.79. The van der Waals surface area contributed by atoms with Crippen LogP contribution in [0.3, 0.4) is 0 Å². The van der Waals surface area contributed by atoms with Gasteiger partial charge in [0.05, 0.1) is 0 Å². The van der Waals surface area contributed by atoms with Gasteiger partial charge in [-0.05, 0) is 129 Å². The van der Waals surface area contributed by atoms with Crippen molar-refractivity contribution < 1.29 is 8.78 Å². The Labute approximate surface area is 175 Å². The van der Waals surface area contributed by atoms with Crippen LogP contribution in [0.15, 0.2) is 12.1 Å². The van der Waals surface area contributed by atoms with Gasteiger partial charge in [-0.1, -0.05) is 25.8 Å². The maximum Gasteiger partial charge on any atom is 0.162 e. The van der Waals surface area contributed by atoms with E-state index in [0.717, 1.165) is 60.3 Å². The zero-order valence-corrected chi connectivity index (χ0v) is 18.1. The molecular weight excluding hydrogens is 362 g/mol. The van der Waals surface area contributed by atoms with Crippen LogP contribution < -0.4 is 0 Å². The van der Waals surface area contributed by atoms with Crippen molar-refractivity contribution in [1.82, 2.24) is 0 Å². The maximum atomic E-state index is 14.1. The number of benzene rings is 1. The molecule has 5 rings (SSSR count). The second-order valence-corrected chi connectivity index (χ2v) is 11.2. The molecule has 29 heavy (non-hydrogen) atoms. The third kappa shape index (κ3) is 4.02. The molecule has 0 amide bonds. The van der Waals surface area contributed by atoms with Crippen LogP contribution in [0.25, 0.3) is 0 Å². The van der Waals surface area contributed by atoms with Crippen molar-refractivity contribution in [2.24, 2.45) is 41.4 Å². The summed E-state index contributed by atoms with van der Waals surface area (Å²) in [6.45, 7) is 2.43. The lowest BCUT2D eigenvalue weighted by atomic mass is 9.59. The highest BCUT2D eigenvalue weighted by Gasteiger charge is 2.40. The molecule has 0 N–H and O–H groups in total. The summed E-state index contributed by atoms with van der Waals surface area (Å²) in [4.78, 5) is 0. The van der Waals surface area contributed by atoms with E-state index in [1.165, 1.54) is 70.3 Å². The van der Waals surface area contributed by atoms with Gasteiger partial charge in [0.25, 0.3) is 0 Å². The summed E-state index contributed by atoms with van der Waals surface area (Å²) in [6, 6.07) is 3.18. The van der Waals surface area contributed by atoms with Gasteiger partial charge in [0.2, 0.25) is 0 Å².